The van der Waals surface area contributed by atoms with Crippen LogP contribution in [0.15, 0.2) is 47.3 Å². The maximum atomic E-state index is 13.6. The van der Waals surface area contributed by atoms with Crippen LogP contribution in [0.25, 0.3) is 21.3 Å². The summed E-state index contributed by atoms with van der Waals surface area (Å²) in [4.78, 5) is 32.6. The quantitative estimate of drug-likeness (QED) is 0.366. The fraction of sp³-hybridized carbons (Fsp3) is 0.240. The number of carbonyl (C=O) groups is 1. The standard InChI is InChI=1S/C25H23FN2O3S/c1-5-31-19-9-6-17(7-10-19)22-15(3)32-24-23(22)25(30)28(16(4)27-24)13-21(29)18-8-11-20(26)14(2)12-18/h6-12H,5,13H2,1-4H3. The number of carbonyl (C=O) groups excluding carboxylic acids is 1. The first-order valence-electron chi connectivity index (χ1n) is 10.3. The monoisotopic (exact) mass is 450 g/mol. The molecule has 32 heavy (non-hydrogen) atoms. The number of rotatable bonds is 6. The van der Waals surface area contributed by atoms with Crippen molar-refractivity contribution in [3.8, 4) is 16.9 Å². The Morgan fingerprint density at radius 1 is 1.12 bits per heavy atom. The summed E-state index contributed by atoms with van der Waals surface area (Å²) in [6.07, 6.45) is 0. The molecule has 0 spiro atoms. The molecule has 4 aromatic rings. The largest absolute Gasteiger partial charge is 0.494 e. The van der Waals surface area contributed by atoms with E-state index in [2.05, 4.69) is 4.98 Å². The highest BCUT2D eigenvalue weighted by molar-refractivity contribution is 7.19. The zero-order valence-corrected chi connectivity index (χ0v) is 19.2. The molecule has 0 amide bonds. The van der Waals surface area contributed by atoms with E-state index in [4.69, 9.17) is 4.74 Å². The van der Waals surface area contributed by atoms with Crippen molar-refractivity contribution in [3.05, 3.63) is 80.5 Å². The van der Waals surface area contributed by atoms with Crippen LogP contribution in [0.2, 0.25) is 0 Å². The number of Topliss-reactive ketones (excluding diaryl/α,β-unsaturated/α-hetero) is 1. The Kier molecular flexibility index (Phi) is 5.93. The fourth-order valence-electron chi connectivity index (χ4n) is 3.77. The normalized spacial score (nSPS) is 11.2. The zero-order valence-electron chi connectivity index (χ0n) is 18.4. The molecule has 0 atom stereocenters. The molecule has 2 heterocycles. The Bertz CT molecular complexity index is 1390. The lowest BCUT2D eigenvalue weighted by molar-refractivity contribution is 0.0969. The van der Waals surface area contributed by atoms with Crippen molar-refractivity contribution in [2.24, 2.45) is 0 Å². The Morgan fingerprint density at radius 3 is 2.50 bits per heavy atom. The lowest BCUT2D eigenvalue weighted by Gasteiger charge is -2.11. The molecule has 7 heteroatoms. The van der Waals surface area contributed by atoms with Crippen LogP contribution < -0.4 is 10.3 Å². The summed E-state index contributed by atoms with van der Waals surface area (Å²) in [5, 5.41) is 0.505. The number of hydrogen-bond donors (Lipinski definition) is 0. The lowest BCUT2D eigenvalue weighted by Crippen LogP contribution is -2.27. The van der Waals surface area contributed by atoms with Crippen molar-refractivity contribution in [1.29, 1.82) is 0 Å². The van der Waals surface area contributed by atoms with Gasteiger partial charge in [0.05, 0.1) is 18.5 Å². The van der Waals surface area contributed by atoms with Gasteiger partial charge in [0.25, 0.3) is 5.56 Å². The molecule has 2 aromatic carbocycles. The van der Waals surface area contributed by atoms with Crippen molar-refractivity contribution >= 4 is 27.3 Å². The number of benzene rings is 2. The molecule has 0 N–H and O–H groups in total. The maximum Gasteiger partial charge on any atom is 0.263 e. The number of thiophene rings is 1. The highest BCUT2D eigenvalue weighted by atomic mass is 32.1. The Morgan fingerprint density at radius 2 is 1.84 bits per heavy atom. The smallest absolute Gasteiger partial charge is 0.263 e. The molecule has 0 radical (unpaired) electrons. The molecule has 4 rings (SSSR count). The van der Waals surface area contributed by atoms with Gasteiger partial charge in [0, 0.05) is 16.0 Å². The molecule has 0 aliphatic carbocycles. The van der Waals surface area contributed by atoms with Crippen molar-refractivity contribution in [2.75, 3.05) is 6.61 Å². The second-order valence-electron chi connectivity index (χ2n) is 7.61. The van der Waals surface area contributed by atoms with E-state index in [-0.39, 0.29) is 23.7 Å². The van der Waals surface area contributed by atoms with Crippen LogP contribution in [0, 0.1) is 26.6 Å². The van der Waals surface area contributed by atoms with Gasteiger partial charge in [-0.15, -0.1) is 11.3 Å². The number of aryl methyl sites for hydroxylation is 3. The number of fused-ring (bicyclic) bond motifs is 1. The highest BCUT2D eigenvalue weighted by Crippen LogP contribution is 2.36. The van der Waals surface area contributed by atoms with Crippen LogP contribution in [0.4, 0.5) is 4.39 Å². The van der Waals surface area contributed by atoms with Crippen LogP contribution in [-0.4, -0.2) is 21.9 Å². The third kappa shape index (κ3) is 3.96. The SMILES string of the molecule is CCOc1ccc(-c2c(C)sc3nc(C)n(CC(=O)c4ccc(F)c(C)c4)c(=O)c23)cc1. The van der Waals surface area contributed by atoms with Crippen LogP contribution >= 0.6 is 11.3 Å². The van der Waals surface area contributed by atoms with Gasteiger partial charge in [-0.1, -0.05) is 12.1 Å². The Balaban J connectivity index is 1.79. The molecule has 0 fully saturated rings. The number of halogens is 1. The topological polar surface area (TPSA) is 61.2 Å². The van der Waals surface area contributed by atoms with Gasteiger partial charge in [-0.3, -0.25) is 14.2 Å². The van der Waals surface area contributed by atoms with Crippen LogP contribution in [0.5, 0.6) is 5.75 Å². The van der Waals surface area contributed by atoms with E-state index >= 15 is 0 Å². The molecule has 0 unspecified atom stereocenters. The van der Waals surface area contributed by atoms with E-state index in [1.54, 1.807) is 13.8 Å². The first-order valence-corrected chi connectivity index (χ1v) is 11.1. The predicted octanol–water partition coefficient (Wildman–Crippen LogP) is 5.47. The minimum atomic E-state index is -0.369. The Labute approximate surface area is 189 Å². The molecule has 0 saturated carbocycles. The molecular formula is C25H23FN2O3S. The minimum Gasteiger partial charge on any atom is -0.494 e. The van der Waals surface area contributed by atoms with Crippen LogP contribution in [-0.2, 0) is 6.54 Å². The molecule has 2 aromatic heterocycles. The summed E-state index contributed by atoms with van der Waals surface area (Å²) in [5.74, 6) is 0.593. The number of ketones is 1. The zero-order chi connectivity index (χ0) is 23.0. The molecule has 0 aliphatic rings. The van der Waals surface area contributed by atoms with E-state index < -0.39 is 0 Å². The maximum absolute atomic E-state index is 13.6. The second-order valence-corrected chi connectivity index (χ2v) is 8.81. The summed E-state index contributed by atoms with van der Waals surface area (Å²) in [7, 11) is 0. The van der Waals surface area contributed by atoms with Gasteiger partial charge in [-0.2, -0.15) is 0 Å². The molecule has 0 bridgehead atoms. The molecule has 5 nitrogen and oxygen atoms in total. The first kappa shape index (κ1) is 21.9. The van der Waals surface area contributed by atoms with Crippen molar-refractivity contribution < 1.29 is 13.9 Å². The number of ether oxygens (including phenoxy) is 1. The summed E-state index contributed by atoms with van der Waals surface area (Å²) < 4.78 is 20.5. The predicted molar refractivity (Wildman–Crippen MR) is 125 cm³/mol. The molecular weight excluding hydrogens is 427 g/mol. The summed E-state index contributed by atoms with van der Waals surface area (Å²) in [6, 6.07) is 11.8. The Hall–Kier alpha value is -3.32. The lowest BCUT2D eigenvalue weighted by atomic mass is 10.0. The van der Waals surface area contributed by atoms with Gasteiger partial charge in [-0.25, -0.2) is 9.37 Å². The van der Waals surface area contributed by atoms with Gasteiger partial charge in [-0.05, 0) is 69.2 Å². The molecule has 164 valence electrons. The molecule has 0 aliphatic heterocycles. The van der Waals surface area contributed by atoms with Gasteiger partial charge in [0.15, 0.2) is 5.78 Å². The third-order valence-electron chi connectivity index (χ3n) is 5.41. The summed E-state index contributed by atoms with van der Waals surface area (Å²) in [5.41, 5.74) is 2.22. The van der Waals surface area contributed by atoms with Crippen molar-refractivity contribution in [1.82, 2.24) is 9.55 Å². The number of nitrogens with zero attached hydrogens (tertiary/aromatic N) is 2. The second kappa shape index (κ2) is 8.67. The molecule has 0 saturated heterocycles. The first-order chi connectivity index (χ1) is 15.3. The average molecular weight is 451 g/mol. The fourth-order valence-corrected chi connectivity index (χ4v) is 4.85. The van der Waals surface area contributed by atoms with E-state index in [0.717, 1.165) is 21.8 Å². The van der Waals surface area contributed by atoms with Crippen molar-refractivity contribution in [3.63, 3.8) is 0 Å². The minimum absolute atomic E-state index is 0.156. The van der Waals surface area contributed by atoms with Gasteiger partial charge < -0.3 is 4.74 Å². The van der Waals surface area contributed by atoms with Crippen LogP contribution in [0.1, 0.15) is 33.5 Å². The van der Waals surface area contributed by atoms with E-state index in [9.17, 15) is 14.0 Å². The van der Waals surface area contributed by atoms with Gasteiger partial charge in [0.2, 0.25) is 0 Å². The van der Waals surface area contributed by atoms with E-state index in [0.29, 0.717) is 33.8 Å². The third-order valence-corrected chi connectivity index (χ3v) is 6.41. The van der Waals surface area contributed by atoms with E-state index in [1.165, 1.54) is 34.1 Å². The summed E-state index contributed by atoms with van der Waals surface area (Å²) >= 11 is 1.46. The van der Waals surface area contributed by atoms with Gasteiger partial charge in [0.1, 0.15) is 22.2 Å². The summed E-state index contributed by atoms with van der Waals surface area (Å²) in [6.45, 7) is 7.63. The van der Waals surface area contributed by atoms with Crippen LogP contribution in [0.3, 0.4) is 0 Å². The van der Waals surface area contributed by atoms with Crippen molar-refractivity contribution in [2.45, 2.75) is 34.2 Å². The van der Waals surface area contributed by atoms with Gasteiger partial charge >= 0.3 is 0 Å². The average Bonchev–Trinajstić information content (AvgIpc) is 3.09. The highest BCUT2D eigenvalue weighted by Gasteiger charge is 2.20. The van der Waals surface area contributed by atoms with E-state index in [1.807, 2.05) is 38.1 Å². The number of hydrogen-bond acceptors (Lipinski definition) is 5. The number of aromatic nitrogens is 2.